The van der Waals surface area contributed by atoms with E-state index in [0.717, 1.165) is 35.3 Å². The molecule has 0 spiro atoms. The van der Waals surface area contributed by atoms with Crippen molar-refractivity contribution in [3.63, 3.8) is 0 Å². The highest BCUT2D eigenvalue weighted by Crippen LogP contribution is 2.37. The van der Waals surface area contributed by atoms with E-state index in [2.05, 4.69) is 14.9 Å². The number of aliphatic hydroxyl groups is 1. The van der Waals surface area contributed by atoms with Crippen LogP contribution in [0.3, 0.4) is 0 Å². The number of aromatic nitrogens is 3. The maximum atomic E-state index is 15.6. The lowest BCUT2D eigenvalue weighted by molar-refractivity contribution is 0.175. The summed E-state index contributed by atoms with van der Waals surface area (Å²) in [4.78, 5) is 10.9. The van der Waals surface area contributed by atoms with Crippen LogP contribution in [0, 0.1) is 5.82 Å². The first-order valence-corrected chi connectivity index (χ1v) is 12.5. The highest BCUT2D eigenvalue weighted by molar-refractivity contribution is 5.89. The summed E-state index contributed by atoms with van der Waals surface area (Å²) in [7, 11) is 1.60. The Morgan fingerprint density at radius 3 is 2.58 bits per heavy atom. The maximum absolute atomic E-state index is 15.6. The van der Waals surface area contributed by atoms with Gasteiger partial charge in [0.1, 0.15) is 34.6 Å². The van der Waals surface area contributed by atoms with Crippen LogP contribution < -0.4 is 4.74 Å². The van der Waals surface area contributed by atoms with E-state index in [1.54, 1.807) is 24.1 Å². The predicted molar refractivity (Wildman–Crippen MR) is 144 cm³/mol. The zero-order valence-corrected chi connectivity index (χ0v) is 20.9. The molecule has 0 aliphatic carbocycles. The normalized spacial score (nSPS) is 15.8. The summed E-state index contributed by atoms with van der Waals surface area (Å²) in [6.07, 6.45) is 3.62. The Morgan fingerprint density at radius 2 is 1.84 bits per heavy atom. The molecule has 1 saturated heterocycles. The van der Waals surface area contributed by atoms with Crippen LogP contribution in [0.2, 0.25) is 0 Å². The topological polar surface area (TPSA) is 83.6 Å². The summed E-state index contributed by atoms with van der Waals surface area (Å²) in [6, 6.07) is 20.3. The van der Waals surface area contributed by atoms with Crippen molar-refractivity contribution < 1.29 is 19.3 Å². The number of hydrogen-bond acceptors (Lipinski definition) is 6. The molecule has 3 heterocycles. The van der Waals surface area contributed by atoms with Gasteiger partial charge in [0.25, 0.3) is 0 Å². The summed E-state index contributed by atoms with van der Waals surface area (Å²) >= 11 is 0. The molecule has 0 bridgehead atoms. The number of hydrogen-bond donors (Lipinski definition) is 2. The van der Waals surface area contributed by atoms with Gasteiger partial charge in [0.05, 0.1) is 19.4 Å². The van der Waals surface area contributed by atoms with Crippen LogP contribution in [0.5, 0.6) is 11.5 Å². The lowest BCUT2D eigenvalue weighted by Gasteiger charge is -2.18. The number of β-amino-alcohol motifs (C(OH)–C–C–N with tert-alkyl or cyclic N) is 1. The number of nitrogens with zero attached hydrogens (tertiary/aromatic N) is 4. The molecule has 38 heavy (non-hydrogen) atoms. The summed E-state index contributed by atoms with van der Waals surface area (Å²) in [5, 5.41) is 21.1. The monoisotopic (exact) mass is 510 g/mol. The second-order valence-corrected chi connectivity index (χ2v) is 9.53. The molecule has 7 nitrogen and oxygen atoms in total. The molecule has 192 valence electrons. The van der Waals surface area contributed by atoms with Crippen LogP contribution >= 0.6 is 0 Å². The molecule has 6 rings (SSSR count). The first kappa shape index (κ1) is 24.1. The Hall–Kier alpha value is -4.27. The minimum Gasteiger partial charge on any atom is -0.504 e. The van der Waals surface area contributed by atoms with Crippen LogP contribution in [0.15, 0.2) is 79.3 Å². The van der Waals surface area contributed by atoms with Gasteiger partial charge in [0, 0.05) is 30.9 Å². The Morgan fingerprint density at radius 1 is 1.03 bits per heavy atom. The number of ether oxygens (including phenoxy) is 1. The number of fused-ring (bicyclic) bond motifs is 1. The SMILES string of the molecule is COc1ccc(-n2cnc3cnc(-c4ccc(-c5ccccc5CN5CC[C@H](O)C5)cc4F)c(O)c32)cc1. The van der Waals surface area contributed by atoms with Gasteiger partial charge in [-0.2, -0.15) is 0 Å². The molecule has 3 aromatic carbocycles. The molecule has 0 unspecified atom stereocenters. The van der Waals surface area contributed by atoms with E-state index < -0.39 is 5.82 Å². The van der Waals surface area contributed by atoms with Crippen LogP contribution in [0.1, 0.15) is 12.0 Å². The fourth-order valence-corrected chi connectivity index (χ4v) is 5.14. The van der Waals surface area contributed by atoms with E-state index in [4.69, 9.17) is 4.74 Å². The number of pyridine rings is 1. The van der Waals surface area contributed by atoms with Crippen LogP contribution in [-0.2, 0) is 6.54 Å². The molecular formula is C30H27FN4O3. The summed E-state index contributed by atoms with van der Waals surface area (Å²) in [5.74, 6) is 0.0912. The molecule has 2 N–H and O–H groups in total. The Bertz CT molecular complexity index is 1620. The van der Waals surface area contributed by atoms with Gasteiger partial charge in [-0.15, -0.1) is 0 Å². The van der Waals surface area contributed by atoms with Crippen molar-refractivity contribution in [1.82, 2.24) is 19.4 Å². The van der Waals surface area contributed by atoms with Crippen molar-refractivity contribution >= 4 is 11.0 Å². The van der Waals surface area contributed by atoms with Gasteiger partial charge in [-0.25, -0.2) is 14.4 Å². The Kier molecular flexibility index (Phi) is 6.27. The van der Waals surface area contributed by atoms with Crippen molar-refractivity contribution in [3.05, 3.63) is 90.6 Å². The number of methoxy groups -OCH3 is 1. The van der Waals surface area contributed by atoms with Gasteiger partial charge in [-0.05, 0) is 59.5 Å². The summed E-state index contributed by atoms with van der Waals surface area (Å²) in [5.41, 5.74) is 4.82. The first-order valence-electron chi connectivity index (χ1n) is 12.5. The molecule has 0 amide bonds. The molecule has 1 aliphatic rings. The second kappa shape index (κ2) is 9.89. The van der Waals surface area contributed by atoms with Gasteiger partial charge >= 0.3 is 0 Å². The standard InChI is InChI=1S/C30H27FN4O3/c1-38-23-9-7-21(8-10-23)35-18-33-27-15-32-28(30(37)29(27)35)25-11-6-19(14-26(25)31)24-5-3-2-4-20(24)16-34-13-12-22(36)17-34/h2-11,14-15,18,22,36-37H,12-13,16-17H2,1H3/t22-/m0/s1. The van der Waals surface area contributed by atoms with Crippen molar-refractivity contribution in [1.29, 1.82) is 0 Å². The molecule has 8 heteroatoms. The molecule has 5 aromatic rings. The van der Waals surface area contributed by atoms with Crippen molar-refractivity contribution in [3.8, 4) is 39.6 Å². The van der Waals surface area contributed by atoms with Crippen molar-refractivity contribution in [2.75, 3.05) is 20.2 Å². The lowest BCUT2D eigenvalue weighted by atomic mass is 9.97. The van der Waals surface area contributed by atoms with Gasteiger partial charge in [0.15, 0.2) is 5.75 Å². The minimum absolute atomic E-state index is 0.143. The quantitative estimate of drug-likeness (QED) is 0.328. The summed E-state index contributed by atoms with van der Waals surface area (Å²) < 4.78 is 22.6. The number of benzene rings is 3. The average molecular weight is 511 g/mol. The number of imidazole rings is 1. The second-order valence-electron chi connectivity index (χ2n) is 9.53. The molecule has 2 aromatic heterocycles. The van der Waals surface area contributed by atoms with Gasteiger partial charge in [-0.1, -0.05) is 30.3 Å². The van der Waals surface area contributed by atoms with E-state index in [-0.39, 0.29) is 23.1 Å². The average Bonchev–Trinajstić information content (AvgIpc) is 3.56. The van der Waals surface area contributed by atoms with Crippen LogP contribution in [0.25, 0.3) is 39.1 Å². The number of likely N-dealkylation sites (tertiary alicyclic amines) is 1. The molecule has 1 fully saturated rings. The van der Waals surface area contributed by atoms with Crippen LogP contribution in [0.4, 0.5) is 4.39 Å². The van der Waals surface area contributed by atoms with Gasteiger partial charge in [0.2, 0.25) is 0 Å². The summed E-state index contributed by atoms with van der Waals surface area (Å²) in [6.45, 7) is 2.16. The van der Waals surface area contributed by atoms with E-state index >= 15 is 4.39 Å². The molecule has 0 saturated carbocycles. The van der Waals surface area contributed by atoms with Gasteiger partial charge in [-0.3, -0.25) is 9.47 Å². The van der Waals surface area contributed by atoms with Crippen LogP contribution in [-0.4, -0.2) is 56.0 Å². The third-order valence-corrected chi connectivity index (χ3v) is 7.10. The van der Waals surface area contributed by atoms with E-state index in [1.807, 2.05) is 54.6 Å². The molecular weight excluding hydrogens is 483 g/mol. The highest BCUT2D eigenvalue weighted by Gasteiger charge is 2.22. The smallest absolute Gasteiger partial charge is 0.168 e. The van der Waals surface area contributed by atoms with E-state index in [1.165, 1.54) is 12.3 Å². The van der Waals surface area contributed by atoms with E-state index in [9.17, 15) is 10.2 Å². The maximum Gasteiger partial charge on any atom is 0.168 e. The largest absolute Gasteiger partial charge is 0.504 e. The fourth-order valence-electron chi connectivity index (χ4n) is 5.14. The first-order chi connectivity index (χ1) is 18.5. The van der Waals surface area contributed by atoms with E-state index in [0.29, 0.717) is 29.9 Å². The highest BCUT2D eigenvalue weighted by atomic mass is 19.1. The molecule has 1 atom stereocenters. The number of rotatable bonds is 6. The number of halogens is 1. The number of aliphatic hydroxyl groups excluding tert-OH is 1. The lowest BCUT2D eigenvalue weighted by Crippen LogP contribution is -2.21. The third kappa shape index (κ3) is 4.38. The molecule has 0 radical (unpaired) electrons. The number of aromatic hydroxyl groups is 1. The zero-order chi connectivity index (χ0) is 26.2. The minimum atomic E-state index is -0.480. The van der Waals surface area contributed by atoms with Crippen molar-refractivity contribution in [2.45, 2.75) is 19.1 Å². The zero-order valence-electron chi connectivity index (χ0n) is 20.9. The molecule has 1 aliphatic heterocycles. The Labute approximate surface area is 219 Å². The fraction of sp³-hybridized carbons (Fsp3) is 0.200. The van der Waals surface area contributed by atoms with Gasteiger partial charge < -0.3 is 14.9 Å². The Balaban J connectivity index is 1.36. The predicted octanol–water partition coefficient (Wildman–Crippen LogP) is 5.17. The third-order valence-electron chi connectivity index (χ3n) is 7.10. The van der Waals surface area contributed by atoms with Crippen molar-refractivity contribution in [2.24, 2.45) is 0 Å².